The van der Waals surface area contributed by atoms with E-state index >= 15 is 0 Å². The van der Waals surface area contributed by atoms with Crippen LogP contribution in [0.4, 0.5) is 5.95 Å². The SMILES string of the molecule is Nc1ncn[nH]1.O=C1CCON1. The Hall–Kier alpha value is -1.63. The molecule has 1 saturated heterocycles. The fourth-order valence-electron chi connectivity index (χ4n) is 0.541. The minimum atomic E-state index is -0.0185. The third kappa shape index (κ3) is 2.97. The number of anilines is 1. The Morgan fingerprint density at radius 1 is 1.67 bits per heavy atom. The van der Waals surface area contributed by atoms with Gasteiger partial charge in [0.25, 0.3) is 0 Å². The first-order valence-corrected chi connectivity index (χ1v) is 3.30. The molecule has 66 valence electrons. The van der Waals surface area contributed by atoms with Crippen molar-refractivity contribution in [2.75, 3.05) is 12.3 Å². The first-order valence-electron chi connectivity index (χ1n) is 3.30. The molecule has 0 spiro atoms. The van der Waals surface area contributed by atoms with Gasteiger partial charge in [-0.3, -0.25) is 9.63 Å². The maximum atomic E-state index is 10.0. The van der Waals surface area contributed by atoms with E-state index in [0.29, 0.717) is 19.0 Å². The topological polar surface area (TPSA) is 106 Å². The van der Waals surface area contributed by atoms with Crippen LogP contribution in [-0.4, -0.2) is 27.7 Å². The second kappa shape index (κ2) is 4.29. The lowest BCUT2D eigenvalue weighted by Gasteiger charge is -1.81. The summed E-state index contributed by atoms with van der Waals surface area (Å²) in [6.45, 7) is 0.527. The van der Waals surface area contributed by atoms with Crippen LogP contribution in [0, 0.1) is 0 Å². The lowest BCUT2D eigenvalue weighted by atomic mass is 10.5. The summed E-state index contributed by atoms with van der Waals surface area (Å²) < 4.78 is 0. The van der Waals surface area contributed by atoms with Crippen LogP contribution >= 0.6 is 0 Å². The number of hydroxylamine groups is 1. The highest BCUT2D eigenvalue weighted by atomic mass is 16.7. The van der Waals surface area contributed by atoms with E-state index in [0.717, 1.165) is 0 Å². The van der Waals surface area contributed by atoms with Crippen LogP contribution in [0.15, 0.2) is 6.33 Å². The monoisotopic (exact) mass is 171 g/mol. The molecule has 0 saturated carbocycles. The van der Waals surface area contributed by atoms with Gasteiger partial charge in [0.15, 0.2) is 0 Å². The molecule has 2 rings (SSSR count). The number of hydrogen-bond donors (Lipinski definition) is 3. The molecule has 1 aliphatic heterocycles. The molecule has 0 unspecified atom stereocenters. The van der Waals surface area contributed by atoms with Crippen molar-refractivity contribution in [1.82, 2.24) is 20.7 Å². The lowest BCUT2D eigenvalue weighted by Crippen LogP contribution is -2.10. The Morgan fingerprint density at radius 3 is 2.67 bits per heavy atom. The zero-order valence-corrected chi connectivity index (χ0v) is 6.28. The summed E-state index contributed by atoms with van der Waals surface area (Å²) in [6.07, 6.45) is 1.87. The van der Waals surface area contributed by atoms with E-state index in [9.17, 15) is 4.79 Å². The second-order valence-corrected chi connectivity index (χ2v) is 1.99. The van der Waals surface area contributed by atoms with Crippen LogP contribution in [0.3, 0.4) is 0 Å². The molecule has 1 aromatic heterocycles. The third-order valence-corrected chi connectivity index (χ3v) is 1.05. The van der Waals surface area contributed by atoms with E-state index in [-0.39, 0.29) is 5.91 Å². The molecule has 12 heavy (non-hydrogen) atoms. The maximum absolute atomic E-state index is 10.0. The summed E-state index contributed by atoms with van der Waals surface area (Å²) >= 11 is 0. The van der Waals surface area contributed by atoms with Crippen LogP contribution in [0.5, 0.6) is 0 Å². The van der Waals surface area contributed by atoms with Gasteiger partial charge in [-0.1, -0.05) is 0 Å². The fraction of sp³-hybridized carbons (Fsp3) is 0.400. The van der Waals surface area contributed by atoms with Crippen molar-refractivity contribution in [2.45, 2.75) is 6.42 Å². The van der Waals surface area contributed by atoms with Crippen LogP contribution in [0.25, 0.3) is 0 Å². The quantitative estimate of drug-likeness (QED) is 0.455. The van der Waals surface area contributed by atoms with Crippen molar-refractivity contribution < 1.29 is 9.63 Å². The van der Waals surface area contributed by atoms with E-state index in [1.807, 2.05) is 0 Å². The molecule has 1 aromatic rings. The largest absolute Gasteiger partial charge is 0.368 e. The number of carbonyl (C=O) groups is 1. The molecule has 0 radical (unpaired) electrons. The lowest BCUT2D eigenvalue weighted by molar-refractivity contribution is -0.124. The van der Waals surface area contributed by atoms with Crippen molar-refractivity contribution in [3.63, 3.8) is 0 Å². The summed E-state index contributed by atoms with van der Waals surface area (Å²) in [5.74, 6) is 0.338. The predicted octanol–water partition coefficient (Wildman–Crippen LogP) is -1.18. The van der Waals surface area contributed by atoms with Gasteiger partial charge >= 0.3 is 0 Å². The third-order valence-electron chi connectivity index (χ3n) is 1.05. The van der Waals surface area contributed by atoms with E-state index < -0.39 is 0 Å². The average molecular weight is 171 g/mol. The summed E-state index contributed by atoms with van der Waals surface area (Å²) in [7, 11) is 0. The molecule has 0 atom stereocenters. The smallest absolute Gasteiger partial charge is 0.245 e. The number of hydrogen-bond acceptors (Lipinski definition) is 5. The Balaban J connectivity index is 0.000000120. The van der Waals surface area contributed by atoms with Crippen LogP contribution < -0.4 is 11.2 Å². The number of nitrogens with one attached hydrogen (secondary N) is 2. The number of aromatic amines is 1. The molecule has 1 amide bonds. The first kappa shape index (κ1) is 8.47. The standard InChI is InChI=1S/C3H5NO2.C2H4N4/c5-3-1-2-6-4-3;3-2-4-1-5-6-2/h1-2H2,(H,4,5);1H,(H3,3,4,5,6). The number of rotatable bonds is 0. The molecular formula is C5H9N5O2. The van der Waals surface area contributed by atoms with Gasteiger partial charge in [-0.25, -0.2) is 15.6 Å². The zero-order valence-electron chi connectivity index (χ0n) is 6.28. The molecule has 0 bridgehead atoms. The van der Waals surface area contributed by atoms with Crippen molar-refractivity contribution in [2.24, 2.45) is 0 Å². The number of aromatic nitrogens is 3. The summed E-state index contributed by atoms with van der Waals surface area (Å²) in [5.41, 5.74) is 7.23. The van der Waals surface area contributed by atoms with Crippen LogP contribution in [0.2, 0.25) is 0 Å². The zero-order chi connectivity index (χ0) is 8.81. The Labute approximate surface area is 68.3 Å². The average Bonchev–Trinajstić information content (AvgIpc) is 2.63. The predicted molar refractivity (Wildman–Crippen MR) is 39.5 cm³/mol. The van der Waals surface area contributed by atoms with Gasteiger partial charge in [0.2, 0.25) is 11.9 Å². The van der Waals surface area contributed by atoms with Gasteiger partial charge < -0.3 is 5.73 Å². The van der Waals surface area contributed by atoms with Gasteiger partial charge in [0.05, 0.1) is 13.0 Å². The molecule has 4 N–H and O–H groups in total. The molecule has 1 aliphatic rings. The Kier molecular flexibility index (Phi) is 3.03. The normalized spacial score (nSPS) is 14.8. The molecular weight excluding hydrogens is 162 g/mol. The number of nitrogens with two attached hydrogens (primary N) is 1. The number of H-pyrrole nitrogens is 1. The molecule has 7 nitrogen and oxygen atoms in total. The van der Waals surface area contributed by atoms with Gasteiger partial charge in [-0.2, -0.15) is 5.10 Å². The van der Waals surface area contributed by atoms with E-state index in [2.05, 4.69) is 25.5 Å². The first-order chi connectivity index (χ1) is 5.79. The van der Waals surface area contributed by atoms with Crippen LogP contribution in [-0.2, 0) is 9.63 Å². The summed E-state index contributed by atoms with van der Waals surface area (Å²) in [6, 6.07) is 0. The van der Waals surface area contributed by atoms with Gasteiger partial charge in [-0.05, 0) is 0 Å². The minimum absolute atomic E-state index is 0.0185. The van der Waals surface area contributed by atoms with E-state index in [1.54, 1.807) is 0 Å². The van der Waals surface area contributed by atoms with Crippen LogP contribution in [0.1, 0.15) is 6.42 Å². The van der Waals surface area contributed by atoms with Gasteiger partial charge in [-0.15, -0.1) is 0 Å². The number of nitrogens with zero attached hydrogens (tertiary/aromatic N) is 2. The summed E-state index contributed by atoms with van der Waals surface area (Å²) in [4.78, 5) is 18.0. The number of carbonyl (C=O) groups excluding carboxylic acids is 1. The molecule has 0 aliphatic carbocycles. The van der Waals surface area contributed by atoms with Crippen molar-refractivity contribution >= 4 is 11.9 Å². The van der Waals surface area contributed by atoms with Crippen molar-refractivity contribution in [3.05, 3.63) is 6.33 Å². The molecule has 1 fully saturated rings. The molecule has 2 heterocycles. The van der Waals surface area contributed by atoms with Crippen molar-refractivity contribution in [1.29, 1.82) is 0 Å². The van der Waals surface area contributed by atoms with E-state index in [4.69, 9.17) is 5.73 Å². The minimum Gasteiger partial charge on any atom is -0.368 e. The fourth-order valence-corrected chi connectivity index (χ4v) is 0.541. The highest BCUT2D eigenvalue weighted by Crippen LogP contribution is 1.87. The van der Waals surface area contributed by atoms with E-state index in [1.165, 1.54) is 6.33 Å². The van der Waals surface area contributed by atoms with Crippen molar-refractivity contribution in [3.8, 4) is 0 Å². The second-order valence-electron chi connectivity index (χ2n) is 1.99. The number of amides is 1. The van der Waals surface area contributed by atoms with Gasteiger partial charge in [0.1, 0.15) is 6.33 Å². The Bertz CT molecular complexity index is 226. The molecule has 7 heteroatoms. The Morgan fingerprint density at radius 2 is 2.50 bits per heavy atom. The summed E-state index contributed by atoms with van der Waals surface area (Å²) in [5, 5.41) is 5.88. The highest BCUT2D eigenvalue weighted by Gasteiger charge is 2.06. The number of nitrogen functional groups attached to an aromatic ring is 1. The maximum Gasteiger partial charge on any atom is 0.245 e. The highest BCUT2D eigenvalue weighted by molar-refractivity contribution is 5.76. The van der Waals surface area contributed by atoms with Gasteiger partial charge in [0, 0.05) is 0 Å². The molecule has 0 aromatic carbocycles.